The van der Waals surface area contributed by atoms with Crippen LogP contribution in [0.25, 0.3) is 0 Å². The highest BCUT2D eigenvalue weighted by molar-refractivity contribution is 5.94. The first kappa shape index (κ1) is 20.0. The second-order valence-corrected chi connectivity index (χ2v) is 7.49. The molecular formula is C23H25N5O2. The van der Waals surface area contributed by atoms with E-state index in [1.807, 2.05) is 55.7 Å². The largest absolute Gasteiger partial charge is 0.454 e. The van der Waals surface area contributed by atoms with E-state index in [-0.39, 0.29) is 11.8 Å². The Morgan fingerprint density at radius 1 is 1.17 bits per heavy atom. The molecule has 30 heavy (non-hydrogen) atoms. The molecule has 1 atom stereocenters. The van der Waals surface area contributed by atoms with Gasteiger partial charge >= 0.3 is 0 Å². The number of para-hydroxylation sites is 2. The molecule has 0 bridgehead atoms. The highest BCUT2D eigenvalue weighted by atomic mass is 16.5. The summed E-state index contributed by atoms with van der Waals surface area (Å²) in [6.45, 7) is 4.31. The van der Waals surface area contributed by atoms with Crippen molar-refractivity contribution in [3.63, 3.8) is 0 Å². The number of carbonyl (C=O) groups excluding carboxylic acids is 1. The predicted molar refractivity (Wildman–Crippen MR) is 114 cm³/mol. The van der Waals surface area contributed by atoms with Crippen molar-refractivity contribution < 1.29 is 9.53 Å². The lowest BCUT2D eigenvalue weighted by Gasteiger charge is -2.32. The van der Waals surface area contributed by atoms with Gasteiger partial charge < -0.3 is 10.1 Å². The lowest BCUT2D eigenvalue weighted by Crippen LogP contribution is -2.40. The number of pyridine rings is 1. The molecule has 0 spiro atoms. The molecule has 0 unspecified atom stereocenters. The molecule has 2 aromatic heterocycles. The molecule has 7 heteroatoms. The molecule has 3 heterocycles. The fraction of sp³-hybridized carbons (Fsp3) is 0.304. The van der Waals surface area contributed by atoms with Crippen molar-refractivity contribution in [3.8, 4) is 11.5 Å². The monoisotopic (exact) mass is 403 g/mol. The van der Waals surface area contributed by atoms with Crippen LogP contribution in [-0.4, -0.2) is 38.8 Å². The number of hydrogen-bond donors (Lipinski definition) is 1. The summed E-state index contributed by atoms with van der Waals surface area (Å²) >= 11 is 0. The van der Waals surface area contributed by atoms with Crippen LogP contribution in [0.4, 0.5) is 5.69 Å². The van der Waals surface area contributed by atoms with Gasteiger partial charge in [-0.3, -0.25) is 14.7 Å². The molecule has 4 rings (SSSR count). The van der Waals surface area contributed by atoms with Crippen molar-refractivity contribution in [2.75, 3.05) is 18.4 Å². The molecule has 1 aromatic carbocycles. The van der Waals surface area contributed by atoms with Gasteiger partial charge in [-0.2, -0.15) is 0 Å². The van der Waals surface area contributed by atoms with E-state index in [9.17, 15) is 4.79 Å². The Bertz CT molecular complexity index is 978. The number of anilines is 1. The molecule has 1 N–H and O–H groups in total. The van der Waals surface area contributed by atoms with Crippen LogP contribution in [0.2, 0.25) is 0 Å². The maximum atomic E-state index is 13.0. The van der Waals surface area contributed by atoms with E-state index >= 15 is 0 Å². The van der Waals surface area contributed by atoms with Gasteiger partial charge in [0, 0.05) is 37.2 Å². The molecule has 7 nitrogen and oxygen atoms in total. The molecule has 0 saturated carbocycles. The Morgan fingerprint density at radius 2 is 2.00 bits per heavy atom. The number of aryl methyl sites for hydroxylation is 1. The van der Waals surface area contributed by atoms with E-state index in [1.165, 1.54) is 0 Å². The topological polar surface area (TPSA) is 80.2 Å². The summed E-state index contributed by atoms with van der Waals surface area (Å²) in [5, 5.41) is 3.06. The van der Waals surface area contributed by atoms with Crippen LogP contribution < -0.4 is 10.1 Å². The smallest absolute Gasteiger partial charge is 0.228 e. The van der Waals surface area contributed by atoms with Gasteiger partial charge in [-0.05, 0) is 50.6 Å². The van der Waals surface area contributed by atoms with E-state index in [0.717, 1.165) is 37.3 Å². The van der Waals surface area contributed by atoms with Crippen molar-refractivity contribution in [2.45, 2.75) is 26.3 Å². The van der Waals surface area contributed by atoms with Crippen molar-refractivity contribution in [3.05, 3.63) is 72.6 Å². The molecule has 1 aliphatic rings. The number of benzene rings is 1. The number of likely N-dealkylation sites (tertiary alicyclic amines) is 1. The van der Waals surface area contributed by atoms with Gasteiger partial charge in [-0.15, -0.1) is 0 Å². The van der Waals surface area contributed by atoms with E-state index in [4.69, 9.17) is 4.74 Å². The fourth-order valence-electron chi connectivity index (χ4n) is 3.60. The van der Waals surface area contributed by atoms with Crippen LogP contribution in [0.15, 0.2) is 61.2 Å². The third-order valence-corrected chi connectivity index (χ3v) is 5.12. The molecule has 3 aromatic rings. The normalized spacial score (nSPS) is 16.8. The number of carbonyl (C=O) groups is 1. The van der Waals surface area contributed by atoms with Gasteiger partial charge in [0.05, 0.1) is 17.8 Å². The van der Waals surface area contributed by atoms with E-state index in [0.29, 0.717) is 23.7 Å². The van der Waals surface area contributed by atoms with E-state index in [1.54, 1.807) is 12.4 Å². The summed E-state index contributed by atoms with van der Waals surface area (Å²) < 4.78 is 5.91. The summed E-state index contributed by atoms with van der Waals surface area (Å²) in [7, 11) is 0. The van der Waals surface area contributed by atoms with Crippen LogP contribution in [0.1, 0.15) is 24.2 Å². The van der Waals surface area contributed by atoms with Crippen molar-refractivity contribution >= 4 is 11.6 Å². The zero-order chi connectivity index (χ0) is 20.8. The summed E-state index contributed by atoms with van der Waals surface area (Å²) in [5.41, 5.74) is 1.73. The first-order valence-corrected chi connectivity index (χ1v) is 10.1. The zero-order valence-electron chi connectivity index (χ0n) is 17.0. The summed E-state index contributed by atoms with van der Waals surface area (Å²) in [6.07, 6.45) is 8.91. The Kier molecular flexibility index (Phi) is 6.29. The maximum Gasteiger partial charge on any atom is 0.228 e. The summed E-state index contributed by atoms with van der Waals surface area (Å²) in [6, 6.07) is 11.1. The standard InChI is InChI=1S/C23H25N5O2/c1-17-25-12-18(13-26-17)15-28-11-5-6-19(16-28)23(29)27-21-8-2-3-9-22(21)30-20-7-4-10-24-14-20/h2-4,7-10,12-14,19H,5-6,11,15-16H2,1H3,(H,27,29)/t19-/m0/s1. The zero-order valence-corrected chi connectivity index (χ0v) is 17.0. The molecule has 154 valence electrons. The quantitative estimate of drug-likeness (QED) is 0.674. The summed E-state index contributed by atoms with van der Waals surface area (Å²) in [5.74, 6) is 1.94. The number of ether oxygens (including phenoxy) is 1. The molecule has 1 amide bonds. The molecule has 1 fully saturated rings. The van der Waals surface area contributed by atoms with Gasteiger partial charge in [0.15, 0.2) is 5.75 Å². The third kappa shape index (κ3) is 5.18. The number of piperidine rings is 1. The average molecular weight is 403 g/mol. The number of hydrogen-bond acceptors (Lipinski definition) is 6. The minimum absolute atomic E-state index is 0.0158. The first-order valence-electron chi connectivity index (χ1n) is 10.1. The lowest BCUT2D eigenvalue weighted by atomic mass is 9.96. The number of nitrogens with zero attached hydrogens (tertiary/aromatic N) is 4. The van der Waals surface area contributed by atoms with Gasteiger partial charge in [0.2, 0.25) is 5.91 Å². The Morgan fingerprint density at radius 3 is 2.80 bits per heavy atom. The highest BCUT2D eigenvalue weighted by Gasteiger charge is 2.26. The van der Waals surface area contributed by atoms with Crippen molar-refractivity contribution in [2.24, 2.45) is 5.92 Å². The molecular weight excluding hydrogens is 378 g/mol. The van der Waals surface area contributed by atoms with E-state index in [2.05, 4.69) is 25.2 Å². The highest BCUT2D eigenvalue weighted by Crippen LogP contribution is 2.30. The molecule has 1 saturated heterocycles. The van der Waals surface area contributed by atoms with Crippen LogP contribution >= 0.6 is 0 Å². The number of aromatic nitrogens is 3. The number of amides is 1. The Hall–Kier alpha value is -3.32. The van der Waals surface area contributed by atoms with Crippen LogP contribution in [0.3, 0.4) is 0 Å². The van der Waals surface area contributed by atoms with Crippen LogP contribution in [-0.2, 0) is 11.3 Å². The molecule has 0 radical (unpaired) electrons. The maximum absolute atomic E-state index is 13.0. The second kappa shape index (κ2) is 9.45. The van der Waals surface area contributed by atoms with Crippen molar-refractivity contribution in [1.29, 1.82) is 0 Å². The minimum Gasteiger partial charge on any atom is -0.454 e. The van der Waals surface area contributed by atoms with Gasteiger partial charge in [-0.25, -0.2) is 9.97 Å². The average Bonchev–Trinajstić information content (AvgIpc) is 2.78. The van der Waals surface area contributed by atoms with E-state index < -0.39 is 0 Å². The summed E-state index contributed by atoms with van der Waals surface area (Å²) in [4.78, 5) is 27.9. The third-order valence-electron chi connectivity index (χ3n) is 5.12. The first-order chi connectivity index (χ1) is 14.7. The second-order valence-electron chi connectivity index (χ2n) is 7.49. The van der Waals surface area contributed by atoms with Crippen molar-refractivity contribution in [1.82, 2.24) is 19.9 Å². The van der Waals surface area contributed by atoms with Gasteiger partial charge in [-0.1, -0.05) is 12.1 Å². The predicted octanol–water partition coefficient (Wildman–Crippen LogP) is 3.82. The molecule has 1 aliphatic heterocycles. The number of nitrogens with one attached hydrogen (secondary N) is 1. The Labute approximate surface area is 176 Å². The Balaban J connectivity index is 1.39. The lowest BCUT2D eigenvalue weighted by molar-refractivity contribution is -0.121. The molecule has 0 aliphatic carbocycles. The number of rotatable bonds is 6. The van der Waals surface area contributed by atoms with Gasteiger partial charge in [0.25, 0.3) is 0 Å². The van der Waals surface area contributed by atoms with Crippen LogP contribution in [0, 0.1) is 12.8 Å². The van der Waals surface area contributed by atoms with Gasteiger partial charge in [0.1, 0.15) is 11.6 Å². The fourth-order valence-corrected chi connectivity index (χ4v) is 3.60. The minimum atomic E-state index is -0.0726. The van der Waals surface area contributed by atoms with Crippen LogP contribution in [0.5, 0.6) is 11.5 Å². The SMILES string of the molecule is Cc1ncc(CN2CCC[C@H](C(=O)Nc3ccccc3Oc3cccnc3)C2)cn1.